The van der Waals surface area contributed by atoms with Gasteiger partial charge in [-0.1, -0.05) is 48.5 Å². The maximum Gasteiger partial charge on any atom is 0.400 e. The Labute approximate surface area is 160 Å². The lowest BCUT2D eigenvalue weighted by atomic mass is 9.95. The van der Waals surface area contributed by atoms with E-state index in [1.807, 2.05) is 42.5 Å². The molecule has 134 valence electrons. The lowest BCUT2D eigenvalue weighted by Crippen LogP contribution is -1.96. The third kappa shape index (κ3) is 2.18. The molecule has 4 aromatic carbocycles. The summed E-state index contributed by atoms with van der Waals surface area (Å²) < 4.78 is 11.9. The van der Waals surface area contributed by atoms with Crippen LogP contribution in [0.1, 0.15) is 22.3 Å². The summed E-state index contributed by atoms with van der Waals surface area (Å²) in [6, 6.07) is 21.8. The molecule has 0 spiro atoms. The minimum absolute atomic E-state index is 0.160. The molecule has 0 aliphatic heterocycles. The lowest BCUT2D eigenvalue weighted by Gasteiger charge is -2.13. The number of para-hydroxylation sites is 2. The average molecular weight is 365 g/mol. The first-order valence-corrected chi connectivity index (χ1v) is 9.32. The van der Waals surface area contributed by atoms with Crippen LogP contribution in [0.5, 0.6) is 11.8 Å². The van der Waals surface area contributed by atoms with Crippen LogP contribution in [0.3, 0.4) is 0 Å². The Kier molecular flexibility index (Phi) is 3.12. The van der Waals surface area contributed by atoms with Gasteiger partial charge in [0.1, 0.15) is 11.3 Å². The van der Waals surface area contributed by atoms with E-state index < -0.39 is 0 Å². The van der Waals surface area contributed by atoms with Gasteiger partial charge in [-0.2, -0.15) is 4.98 Å². The number of hydrogen-bond acceptors (Lipinski definition) is 4. The fourth-order valence-electron chi connectivity index (χ4n) is 4.18. The van der Waals surface area contributed by atoms with Gasteiger partial charge in [-0.05, 0) is 46.3 Å². The summed E-state index contributed by atoms with van der Waals surface area (Å²) in [6.45, 7) is 0. The Morgan fingerprint density at radius 1 is 0.893 bits per heavy atom. The third-order valence-electron chi connectivity index (χ3n) is 5.48. The Morgan fingerprint density at radius 3 is 2.68 bits per heavy atom. The summed E-state index contributed by atoms with van der Waals surface area (Å²) in [5.74, 6) is 0.764. The number of fused-ring (bicyclic) bond motifs is 6. The van der Waals surface area contributed by atoms with E-state index in [0.29, 0.717) is 17.8 Å². The van der Waals surface area contributed by atoms with E-state index in [2.05, 4.69) is 29.2 Å². The molecular weight excluding hydrogens is 350 g/mol. The zero-order valence-corrected chi connectivity index (χ0v) is 14.9. The zero-order valence-electron chi connectivity index (χ0n) is 14.9. The van der Waals surface area contributed by atoms with Crippen molar-refractivity contribution in [1.82, 2.24) is 4.98 Å². The predicted octanol–water partition coefficient (Wildman–Crippen LogP) is 6.06. The molecule has 0 unspecified atom stereocenters. The Bertz CT molecular complexity index is 1380. The summed E-state index contributed by atoms with van der Waals surface area (Å²) in [5.41, 5.74) is 3.26. The minimum atomic E-state index is 0.160. The summed E-state index contributed by atoms with van der Waals surface area (Å²) in [4.78, 5) is 16.9. The predicted molar refractivity (Wildman–Crippen MR) is 108 cm³/mol. The number of oxazole rings is 1. The van der Waals surface area contributed by atoms with Crippen LogP contribution in [0.4, 0.5) is 0 Å². The molecule has 1 aliphatic rings. The van der Waals surface area contributed by atoms with Gasteiger partial charge in [-0.3, -0.25) is 4.79 Å². The number of ketones is 1. The van der Waals surface area contributed by atoms with E-state index >= 15 is 0 Å². The van der Waals surface area contributed by atoms with Gasteiger partial charge in [0, 0.05) is 17.4 Å². The minimum Gasteiger partial charge on any atom is -0.410 e. The second-order valence-electron chi connectivity index (χ2n) is 7.08. The van der Waals surface area contributed by atoms with Crippen molar-refractivity contribution in [2.24, 2.45) is 0 Å². The number of nitrogens with zero attached hydrogens (tertiary/aromatic N) is 1. The van der Waals surface area contributed by atoms with E-state index in [0.717, 1.165) is 44.6 Å². The van der Waals surface area contributed by atoms with Crippen molar-refractivity contribution in [2.75, 3.05) is 0 Å². The number of benzene rings is 4. The van der Waals surface area contributed by atoms with E-state index in [9.17, 15) is 4.79 Å². The molecule has 0 N–H and O–H groups in total. The second-order valence-corrected chi connectivity index (χ2v) is 7.08. The van der Waals surface area contributed by atoms with E-state index in [-0.39, 0.29) is 11.9 Å². The number of carbonyl (C=O) groups is 1. The van der Waals surface area contributed by atoms with Crippen molar-refractivity contribution in [3.63, 3.8) is 0 Å². The Balaban J connectivity index is 1.65. The van der Waals surface area contributed by atoms with Crippen LogP contribution >= 0.6 is 0 Å². The van der Waals surface area contributed by atoms with Crippen LogP contribution in [-0.4, -0.2) is 10.8 Å². The molecule has 0 bridgehead atoms. The average Bonchev–Trinajstić information content (AvgIpc) is 3.30. The summed E-state index contributed by atoms with van der Waals surface area (Å²) in [6.07, 6.45) is 1.50. The smallest absolute Gasteiger partial charge is 0.400 e. The number of ether oxygens (including phenoxy) is 1. The maximum absolute atomic E-state index is 12.4. The van der Waals surface area contributed by atoms with Crippen molar-refractivity contribution < 1.29 is 13.9 Å². The first-order chi connectivity index (χ1) is 13.8. The fraction of sp³-hybridized carbons (Fsp3) is 0.0833. The first-order valence-electron chi connectivity index (χ1n) is 9.32. The van der Waals surface area contributed by atoms with Crippen molar-refractivity contribution in [3.05, 3.63) is 77.9 Å². The van der Waals surface area contributed by atoms with Gasteiger partial charge >= 0.3 is 6.08 Å². The van der Waals surface area contributed by atoms with Crippen LogP contribution < -0.4 is 4.74 Å². The summed E-state index contributed by atoms with van der Waals surface area (Å²) in [5, 5.41) is 4.27. The van der Waals surface area contributed by atoms with Crippen molar-refractivity contribution in [2.45, 2.75) is 12.8 Å². The molecule has 0 saturated heterocycles. The molecule has 6 rings (SSSR count). The highest BCUT2D eigenvalue weighted by Gasteiger charge is 2.25. The largest absolute Gasteiger partial charge is 0.410 e. The molecule has 1 heterocycles. The Hall–Kier alpha value is -3.66. The number of aromatic nitrogens is 1. The van der Waals surface area contributed by atoms with Gasteiger partial charge in [0.15, 0.2) is 11.4 Å². The third-order valence-corrected chi connectivity index (χ3v) is 5.48. The van der Waals surface area contributed by atoms with E-state index in [4.69, 9.17) is 9.15 Å². The van der Waals surface area contributed by atoms with Crippen LogP contribution in [0.2, 0.25) is 0 Å². The molecule has 28 heavy (non-hydrogen) atoms. The molecular formula is C24H15NO3. The first kappa shape index (κ1) is 15.4. The zero-order chi connectivity index (χ0) is 18.7. The molecule has 0 fully saturated rings. The van der Waals surface area contributed by atoms with E-state index in [1.54, 1.807) is 0 Å². The summed E-state index contributed by atoms with van der Waals surface area (Å²) >= 11 is 0. The van der Waals surface area contributed by atoms with Crippen molar-refractivity contribution in [3.8, 4) is 11.8 Å². The van der Waals surface area contributed by atoms with Crippen LogP contribution in [0.25, 0.3) is 32.6 Å². The number of hydrogen-bond donors (Lipinski definition) is 0. The van der Waals surface area contributed by atoms with Crippen LogP contribution in [0.15, 0.2) is 71.1 Å². The SMILES string of the molecule is O=C1CCc2c1cc(Oc1nc3ccccc3o1)c1c2ccc2ccccc21. The van der Waals surface area contributed by atoms with Gasteiger partial charge in [0.05, 0.1) is 0 Å². The van der Waals surface area contributed by atoms with Crippen molar-refractivity contribution in [1.29, 1.82) is 0 Å². The summed E-state index contributed by atoms with van der Waals surface area (Å²) in [7, 11) is 0. The molecule has 1 aliphatic carbocycles. The highest BCUT2D eigenvalue weighted by Crippen LogP contribution is 2.41. The lowest BCUT2D eigenvalue weighted by molar-refractivity contribution is 0.0994. The fourth-order valence-corrected chi connectivity index (χ4v) is 4.18. The highest BCUT2D eigenvalue weighted by molar-refractivity contribution is 6.16. The second kappa shape index (κ2) is 5.67. The monoisotopic (exact) mass is 365 g/mol. The quantitative estimate of drug-likeness (QED) is 0.357. The number of Topliss-reactive ketones (excluding diaryl/α,β-unsaturated/α-hetero) is 1. The molecule has 0 atom stereocenters. The molecule has 4 heteroatoms. The Morgan fingerprint density at radius 2 is 1.75 bits per heavy atom. The molecule has 5 aromatic rings. The normalized spacial score (nSPS) is 13.5. The van der Waals surface area contributed by atoms with Gasteiger partial charge < -0.3 is 9.15 Å². The van der Waals surface area contributed by atoms with Gasteiger partial charge in [-0.15, -0.1) is 0 Å². The van der Waals surface area contributed by atoms with Gasteiger partial charge in [-0.25, -0.2) is 0 Å². The highest BCUT2D eigenvalue weighted by atomic mass is 16.6. The topological polar surface area (TPSA) is 52.3 Å². The van der Waals surface area contributed by atoms with Gasteiger partial charge in [0.2, 0.25) is 0 Å². The molecule has 0 saturated carbocycles. The number of rotatable bonds is 2. The molecule has 0 radical (unpaired) electrons. The molecule has 0 amide bonds. The van der Waals surface area contributed by atoms with E-state index in [1.165, 1.54) is 0 Å². The molecule has 1 aromatic heterocycles. The number of carbonyl (C=O) groups excluding carboxylic acids is 1. The van der Waals surface area contributed by atoms with Crippen LogP contribution in [-0.2, 0) is 6.42 Å². The molecule has 4 nitrogen and oxygen atoms in total. The maximum atomic E-state index is 12.4. The number of aryl methyl sites for hydroxylation is 1. The van der Waals surface area contributed by atoms with Gasteiger partial charge in [0.25, 0.3) is 0 Å². The van der Waals surface area contributed by atoms with Crippen LogP contribution in [0, 0.1) is 0 Å². The standard InChI is InChI=1S/C24H15NO3/c26-20-12-11-16-17-10-9-14-5-1-2-6-15(14)23(17)22(13-18(16)20)28-24-25-19-7-3-4-8-21(19)27-24/h1-10,13H,11-12H2. The van der Waals surface area contributed by atoms with Crippen molar-refractivity contribution >= 4 is 38.4 Å².